The number of thioether (sulfide) groups is 1. The van der Waals surface area contributed by atoms with E-state index in [1.54, 1.807) is 23.9 Å². The predicted octanol–water partition coefficient (Wildman–Crippen LogP) is 2.48. The summed E-state index contributed by atoms with van der Waals surface area (Å²) in [5.74, 6) is -3.81. The molecule has 1 heterocycles. The van der Waals surface area contributed by atoms with Gasteiger partial charge in [0.05, 0.1) is 20.3 Å². The summed E-state index contributed by atoms with van der Waals surface area (Å²) in [7, 11) is 2.26. The van der Waals surface area contributed by atoms with Gasteiger partial charge in [0.2, 0.25) is 0 Å². The lowest BCUT2D eigenvalue weighted by Crippen LogP contribution is -2.55. The van der Waals surface area contributed by atoms with Gasteiger partial charge in [-0.3, -0.25) is 0 Å². The summed E-state index contributed by atoms with van der Waals surface area (Å²) in [6.45, 7) is 2.40. The van der Waals surface area contributed by atoms with Crippen LogP contribution in [0.25, 0.3) is 0 Å². The van der Waals surface area contributed by atoms with Crippen molar-refractivity contribution < 1.29 is 33.6 Å². The molecule has 3 rings (SSSR count). The van der Waals surface area contributed by atoms with Gasteiger partial charge in [0.25, 0.3) is 0 Å². The molecule has 0 bridgehead atoms. The van der Waals surface area contributed by atoms with Crippen LogP contribution in [0.5, 0.6) is 11.5 Å². The molecule has 32 heavy (non-hydrogen) atoms. The maximum atomic E-state index is 12.2. The summed E-state index contributed by atoms with van der Waals surface area (Å²) in [5, 5.41) is 13.8. The molecule has 0 aromatic heterocycles. The Morgan fingerprint density at radius 3 is 2.44 bits per heavy atom. The van der Waals surface area contributed by atoms with Gasteiger partial charge >= 0.3 is 17.7 Å². The largest absolute Gasteiger partial charge is 0.463 e. The van der Waals surface area contributed by atoms with Crippen molar-refractivity contribution in [2.75, 3.05) is 27.0 Å². The topological polar surface area (TPSA) is 103 Å². The van der Waals surface area contributed by atoms with E-state index in [4.69, 9.17) is 9.47 Å². The zero-order chi connectivity index (χ0) is 23.3. The molecular weight excluding hydrogens is 434 g/mol. The number of nitrogens with one attached hydrogen (secondary N) is 1. The Hall–Kier alpha value is -2.75. The molecule has 2 atom stereocenters. The third-order valence-electron chi connectivity index (χ3n) is 5.10. The average molecular weight is 462 g/mol. The van der Waals surface area contributed by atoms with Crippen molar-refractivity contribution >= 4 is 23.7 Å². The van der Waals surface area contributed by atoms with E-state index in [1.165, 1.54) is 0 Å². The lowest BCUT2D eigenvalue weighted by atomic mass is 10.1. The maximum Gasteiger partial charge on any atom is 0.453 e. The molecule has 0 fully saturated rings. The lowest BCUT2D eigenvalue weighted by Gasteiger charge is -2.21. The van der Waals surface area contributed by atoms with Gasteiger partial charge in [-0.1, -0.05) is 18.2 Å². The summed E-state index contributed by atoms with van der Waals surface area (Å²) in [4.78, 5) is 25.4. The lowest BCUT2D eigenvalue weighted by molar-refractivity contribution is -0.199. The smallest absolute Gasteiger partial charge is 0.453 e. The number of hydrogen-bond acceptors (Lipinski definition) is 9. The monoisotopic (exact) mass is 461 g/mol. The normalized spacial score (nSPS) is 15.7. The molecule has 1 aliphatic heterocycles. The van der Waals surface area contributed by atoms with Gasteiger partial charge in [-0.2, -0.15) is 0 Å². The molecule has 2 aromatic rings. The van der Waals surface area contributed by atoms with E-state index in [-0.39, 0.29) is 17.5 Å². The van der Waals surface area contributed by atoms with Crippen LogP contribution >= 0.6 is 11.8 Å². The number of methoxy groups -OCH3 is 2. The number of esters is 2. The average Bonchev–Trinajstić information content (AvgIpc) is 3.21. The molecule has 0 saturated carbocycles. The van der Waals surface area contributed by atoms with Crippen molar-refractivity contribution in [2.45, 2.75) is 36.2 Å². The fourth-order valence-electron chi connectivity index (χ4n) is 3.40. The van der Waals surface area contributed by atoms with Gasteiger partial charge in [-0.25, -0.2) is 9.59 Å². The Morgan fingerprint density at radius 2 is 1.78 bits per heavy atom. The fraction of sp³-hybridized carbons (Fsp3) is 0.391. The molecule has 2 unspecified atom stereocenters. The minimum absolute atomic E-state index is 0.0414. The van der Waals surface area contributed by atoms with Crippen molar-refractivity contribution in [1.82, 2.24) is 5.32 Å². The Morgan fingerprint density at radius 1 is 1.09 bits per heavy atom. The molecule has 172 valence electrons. The minimum Gasteiger partial charge on any atom is -0.463 e. The number of carbonyl (C=O) groups is 2. The summed E-state index contributed by atoms with van der Waals surface area (Å²) < 4.78 is 20.4. The van der Waals surface area contributed by atoms with Crippen LogP contribution in [-0.4, -0.2) is 55.9 Å². The number of aliphatic hydroxyl groups excluding tert-OH is 1. The highest BCUT2D eigenvalue weighted by molar-refractivity contribution is 7.98. The Balaban J connectivity index is 1.63. The number of fused-ring (bicyclic) bond motifs is 1. The Kier molecular flexibility index (Phi) is 7.65. The first-order valence-corrected chi connectivity index (χ1v) is 11.3. The number of ether oxygens (including phenoxy) is 4. The Bertz CT molecular complexity index is 965. The number of benzene rings is 2. The number of aliphatic hydroxyl groups is 1. The van der Waals surface area contributed by atoms with Gasteiger partial charge in [0, 0.05) is 17.5 Å². The zero-order valence-electron chi connectivity index (χ0n) is 18.4. The SMILES string of the molecule is COC(=O)C1(C(=O)OC)Oc2ccc(CC(C)NCC(O)c3cccc(SC)c3)cc2O1. The van der Waals surface area contributed by atoms with Crippen LogP contribution in [0.3, 0.4) is 0 Å². The van der Waals surface area contributed by atoms with Gasteiger partial charge in [0.1, 0.15) is 0 Å². The van der Waals surface area contributed by atoms with Gasteiger partial charge in [-0.15, -0.1) is 11.8 Å². The van der Waals surface area contributed by atoms with E-state index >= 15 is 0 Å². The summed E-state index contributed by atoms with van der Waals surface area (Å²) in [6.07, 6.45) is 2.00. The van der Waals surface area contributed by atoms with Crippen molar-refractivity contribution in [3.63, 3.8) is 0 Å². The summed E-state index contributed by atoms with van der Waals surface area (Å²) >= 11 is 1.63. The van der Waals surface area contributed by atoms with Crippen molar-refractivity contribution in [3.8, 4) is 11.5 Å². The molecule has 0 amide bonds. The van der Waals surface area contributed by atoms with Crippen LogP contribution in [0, 0.1) is 0 Å². The Labute approximate surface area is 191 Å². The molecule has 9 heteroatoms. The third kappa shape index (κ3) is 5.01. The first-order valence-electron chi connectivity index (χ1n) is 10.1. The standard InChI is InChI=1S/C23H27NO7S/c1-14(24-13-18(25)16-6-5-7-17(12-16)32-4)10-15-8-9-19-20(11-15)31-23(30-19,21(26)28-2)22(27)29-3/h5-9,11-12,14,18,24-25H,10,13H2,1-4H3. The highest BCUT2D eigenvalue weighted by Gasteiger charge is 2.59. The van der Waals surface area contributed by atoms with Crippen LogP contribution < -0.4 is 14.8 Å². The van der Waals surface area contributed by atoms with E-state index in [0.29, 0.717) is 13.0 Å². The second-order valence-corrected chi connectivity index (χ2v) is 8.27. The van der Waals surface area contributed by atoms with Gasteiger partial charge in [0.15, 0.2) is 11.5 Å². The molecule has 0 saturated heterocycles. The highest BCUT2D eigenvalue weighted by Crippen LogP contribution is 2.41. The zero-order valence-corrected chi connectivity index (χ0v) is 19.2. The second-order valence-electron chi connectivity index (χ2n) is 7.39. The molecule has 0 radical (unpaired) electrons. The van der Waals surface area contributed by atoms with E-state index in [2.05, 4.69) is 14.8 Å². The first kappa shape index (κ1) is 23.9. The summed E-state index contributed by atoms with van der Waals surface area (Å²) in [6, 6.07) is 13.0. The third-order valence-corrected chi connectivity index (χ3v) is 5.83. The van der Waals surface area contributed by atoms with Crippen LogP contribution in [0.2, 0.25) is 0 Å². The molecule has 1 aliphatic rings. The number of rotatable bonds is 9. The molecule has 8 nitrogen and oxygen atoms in total. The minimum atomic E-state index is -2.30. The quantitative estimate of drug-likeness (QED) is 0.331. The van der Waals surface area contributed by atoms with Crippen LogP contribution in [-0.2, 0) is 25.5 Å². The predicted molar refractivity (Wildman–Crippen MR) is 119 cm³/mol. The van der Waals surface area contributed by atoms with Crippen LogP contribution in [0.4, 0.5) is 0 Å². The molecule has 2 aromatic carbocycles. The van der Waals surface area contributed by atoms with E-state index in [9.17, 15) is 14.7 Å². The summed E-state index contributed by atoms with van der Waals surface area (Å²) in [5.41, 5.74) is 1.76. The van der Waals surface area contributed by atoms with Crippen molar-refractivity contribution in [3.05, 3.63) is 53.6 Å². The fourth-order valence-corrected chi connectivity index (χ4v) is 3.87. The van der Waals surface area contributed by atoms with E-state index < -0.39 is 23.8 Å². The maximum absolute atomic E-state index is 12.2. The van der Waals surface area contributed by atoms with Gasteiger partial charge < -0.3 is 29.4 Å². The highest BCUT2D eigenvalue weighted by atomic mass is 32.2. The van der Waals surface area contributed by atoms with E-state index in [0.717, 1.165) is 30.2 Å². The van der Waals surface area contributed by atoms with E-state index in [1.807, 2.05) is 43.5 Å². The molecule has 0 aliphatic carbocycles. The molecule has 2 N–H and O–H groups in total. The first-order chi connectivity index (χ1) is 15.3. The van der Waals surface area contributed by atoms with Crippen molar-refractivity contribution in [2.24, 2.45) is 0 Å². The van der Waals surface area contributed by atoms with Crippen molar-refractivity contribution in [1.29, 1.82) is 0 Å². The number of carbonyl (C=O) groups excluding carboxylic acids is 2. The number of hydrogen-bond donors (Lipinski definition) is 2. The van der Waals surface area contributed by atoms with Crippen LogP contribution in [0.1, 0.15) is 24.2 Å². The molecule has 0 spiro atoms. The molecular formula is C23H27NO7S. The van der Waals surface area contributed by atoms with Crippen LogP contribution in [0.15, 0.2) is 47.4 Å². The van der Waals surface area contributed by atoms with Gasteiger partial charge in [-0.05, 0) is 55.0 Å². The second kappa shape index (κ2) is 10.2.